The average molecular weight is 270 g/mol. The Kier molecular flexibility index (Phi) is 5.40. The van der Waals surface area contributed by atoms with E-state index in [1.807, 2.05) is 18.2 Å². The highest BCUT2D eigenvalue weighted by Crippen LogP contribution is 2.17. The zero-order valence-corrected chi connectivity index (χ0v) is 10.5. The van der Waals surface area contributed by atoms with Gasteiger partial charge < -0.3 is 5.32 Å². The molecule has 0 aliphatic heterocycles. The van der Waals surface area contributed by atoms with Crippen molar-refractivity contribution in [3.8, 4) is 0 Å². The summed E-state index contributed by atoms with van der Waals surface area (Å²) in [5, 5.41) is 3.36. The van der Waals surface area contributed by atoms with Crippen LogP contribution in [0.3, 0.4) is 0 Å². The second-order valence-corrected chi connectivity index (χ2v) is 4.01. The molecule has 0 aromatic heterocycles. The normalized spacial score (nSPS) is 12.1. The summed E-state index contributed by atoms with van der Waals surface area (Å²) >= 11 is 3.15. The van der Waals surface area contributed by atoms with Gasteiger partial charge in [-0.05, 0) is 12.0 Å². The lowest BCUT2D eigenvalue weighted by molar-refractivity contribution is -0.119. The van der Waals surface area contributed by atoms with E-state index in [1.54, 1.807) is 0 Å². The molecule has 1 N–H and O–H groups in total. The van der Waals surface area contributed by atoms with E-state index in [0.29, 0.717) is 5.33 Å². The molecule has 3 heteroatoms. The highest BCUT2D eigenvalue weighted by Gasteiger charge is 2.11. The summed E-state index contributed by atoms with van der Waals surface area (Å²) in [6, 6.07) is 10.2. The first-order chi connectivity index (χ1) is 7.27. The summed E-state index contributed by atoms with van der Waals surface area (Å²) in [6.45, 7) is 2.12. The number of hydrogen-bond donors (Lipinski definition) is 1. The summed E-state index contributed by atoms with van der Waals surface area (Å²) in [6.07, 6.45) is 2.03. The molecular weight excluding hydrogens is 254 g/mol. The number of amides is 1. The first-order valence-electron chi connectivity index (χ1n) is 5.18. The van der Waals surface area contributed by atoms with E-state index < -0.39 is 0 Å². The van der Waals surface area contributed by atoms with E-state index in [4.69, 9.17) is 0 Å². The van der Waals surface area contributed by atoms with E-state index in [0.717, 1.165) is 12.8 Å². The van der Waals surface area contributed by atoms with Crippen molar-refractivity contribution in [1.29, 1.82) is 0 Å². The molecule has 0 aliphatic rings. The predicted molar refractivity (Wildman–Crippen MR) is 66.0 cm³/mol. The quantitative estimate of drug-likeness (QED) is 0.819. The molecular formula is C12H16BrNO. The minimum Gasteiger partial charge on any atom is -0.349 e. The van der Waals surface area contributed by atoms with Crippen molar-refractivity contribution in [2.45, 2.75) is 25.8 Å². The van der Waals surface area contributed by atoms with Crippen molar-refractivity contribution in [3.05, 3.63) is 35.9 Å². The molecule has 1 atom stereocenters. The van der Waals surface area contributed by atoms with E-state index in [1.165, 1.54) is 5.56 Å². The van der Waals surface area contributed by atoms with Gasteiger partial charge in [0.2, 0.25) is 5.91 Å². The highest BCUT2D eigenvalue weighted by atomic mass is 79.9. The van der Waals surface area contributed by atoms with Crippen LogP contribution in [-0.2, 0) is 4.79 Å². The molecule has 1 aromatic rings. The molecule has 82 valence electrons. The summed E-state index contributed by atoms with van der Waals surface area (Å²) in [7, 11) is 0. The third kappa shape index (κ3) is 4.04. The number of carbonyl (C=O) groups is 1. The smallest absolute Gasteiger partial charge is 0.231 e. The standard InChI is InChI=1S/C12H16BrNO/c1-2-6-11(14-12(15)9-13)10-7-4-3-5-8-10/h3-5,7-8,11H,2,6,9H2,1H3,(H,14,15). The largest absolute Gasteiger partial charge is 0.349 e. The molecule has 0 saturated carbocycles. The van der Waals surface area contributed by atoms with Gasteiger partial charge in [0.25, 0.3) is 0 Å². The Balaban J connectivity index is 2.70. The third-order valence-corrected chi connectivity index (χ3v) is 2.75. The monoisotopic (exact) mass is 269 g/mol. The number of halogens is 1. The van der Waals surface area contributed by atoms with E-state index >= 15 is 0 Å². The van der Waals surface area contributed by atoms with Gasteiger partial charge in [0.15, 0.2) is 0 Å². The fraction of sp³-hybridized carbons (Fsp3) is 0.417. The maximum absolute atomic E-state index is 11.3. The second-order valence-electron chi connectivity index (χ2n) is 3.45. The zero-order chi connectivity index (χ0) is 11.1. The lowest BCUT2D eigenvalue weighted by Crippen LogP contribution is -2.29. The molecule has 0 aliphatic carbocycles. The number of hydrogen-bond acceptors (Lipinski definition) is 1. The van der Waals surface area contributed by atoms with Gasteiger partial charge in [-0.25, -0.2) is 0 Å². The molecule has 2 nitrogen and oxygen atoms in total. The Morgan fingerprint density at radius 1 is 1.40 bits per heavy atom. The number of rotatable bonds is 5. The van der Waals surface area contributed by atoms with Gasteiger partial charge in [-0.2, -0.15) is 0 Å². The van der Waals surface area contributed by atoms with Crippen LogP contribution in [0, 0.1) is 0 Å². The Hall–Kier alpha value is -0.830. The maximum Gasteiger partial charge on any atom is 0.231 e. The lowest BCUT2D eigenvalue weighted by Gasteiger charge is -2.17. The first kappa shape index (κ1) is 12.2. The average Bonchev–Trinajstić information content (AvgIpc) is 2.29. The van der Waals surface area contributed by atoms with Gasteiger partial charge in [0, 0.05) is 0 Å². The van der Waals surface area contributed by atoms with Crippen molar-refractivity contribution in [3.63, 3.8) is 0 Å². The fourth-order valence-electron chi connectivity index (χ4n) is 1.53. The molecule has 1 unspecified atom stereocenters. The maximum atomic E-state index is 11.3. The van der Waals surface area contributed by atoms with Crippen molar-refractivity contribution in [2.75, 3.05) is 5.33 Å². The number of alkyl halides is 1. The molecule has 15 heavy (non-hydrogen) atoms. The minimum atomic E-state index is 0.0392. The lowest BCUT2D eigenvalue weighted by atomic mass is 10.0. The van der Waals surface area contributed by atoms with Crippen molar-refractivity contribution in [1.82, 2.24) is 5.32 Å². The van der Waals surface area contributed by atoms with Crippen LogP contribution in [0.5, 0.6) is 0 Å². The topological polar surface area (TPSA) is 29.1 Å². The Morgan fingerprint density at radius 3 is 2.60 bits per heavy atom. The van der Waals surface area contributed by atoms with Crippen molar-refractivity contribution < 1.29 is 4.79 Å². The van der Waals surface area contributed by atoms with E-state index in [-0.39, 0.29) is 11.9 Å². The van der Waals surface area contributed by atoms with E-state index in [9.17, 15) is 4.79 Å². The minimum absolute atomic E-state index is 0.0392. The van der Waals surface area contributed by atoms with Gasteiger partial charge in [-0.15, -0.1) is 0 Å². The molecule has 0 bridgehead atoms. The molecule has 0 heterocycles. The van der Waals surface area contributed by atoms with Crippen LogP contribution in [0.15, 0.2) is 30.3 Å². The third-order valence-electron chi connectivity index (χ3n) is 2.24. The number of nitrogens with one attached hydrogen (secondary N) is 1. The highest BCUT2D eigenvalue weighted by molar-refractivity contribution is 9.09. The SMILES string of the molecule is CCCC(NC(=O)CBr)c1ccccc1. The second kappa shape index (κ2) is 6.62. The summed E-state index contributed by atoms with van der Waals surface area (Å²) in [4.78, 5) is 11.3. The molecule has 0 fully saturated rings. The number of benzene rings is 1. The van der Waals surface area contributed by atoms with Crippen LogP contribution in [-0.4, -0.2) is 11.2 Å². The molecule has 1 rings (SSSR count). The van der Waals surface area contributed by atoms with Crippen LogP contribution in [0.1, 0.15) is 31.4 Å². The first-order valence-corrected chi connectivity index (χ1v) is 6.30. The molecule has 0 saturated heterocycles. The van der Waals surface area contributed by atoms with Gasteiger partial charge in [-0.1, -0.05) is 59.6 Å². The van der Waals surface area contributed by atoms with E-state index in [2.05, 4.69) is 40.3 Å². The van der Waals surface area contributed by atoms with Gasteiger partial charge in [-0.3, -0.25) is 4.79 Å². The zero-order valence-electron chi connectivity index (χ0n) is 8.87. The Labute approximate surface area is 99.2 Å². The van der Waals surface area contributed by atoms with Crippen LogP contribution >= 0.6 is 15.9 Å². The summed E-state index contributed by atoms with van der Waals surface area (Å²) in [5.74, 6) is 0.0392. The molecule has 1 amide bonds. The van der Waals surface area contributed by atoms with Crippen LogP contribution in [0.2, 0.25) is 0 Å². The Morgan fingerprint density at radius 2 is 2.07 bits per heavy atom. The fourth-order valence-corrected chi connectivity index (χ4v) is 1.69. The summed E-state index contributed by atoms with van der Waals surface area (Å²) < 4.78 is 0. The molecule has 1 aromatic carbocycles. The predicted octanol–water partition coefficient (Wildman–Crippen LogP) is 3.04. The van der Waals surface area contributed by atoms with Gasteiger partial charge in [0.1, 0.15) is 0 Å². The van der Waals surface area contributed by atoms with Crippen LogP contribution in [0.25, 0.3) is 0 Å². The van der Waals surface area contributed by atoms with Crippen LogP contribution in [0.4, 0.5) is 0 Å². The van der Waals surface area contributed by atoms with Crippen molar-refractivity contribution in [2.24, 2.45) is 0 Å². The van der Waals surface area contributed by atoms with Crippen molar-refractivity contribution >= 4 is 21.8 Å². The van der Waals surface area contributed by atoms with Gasteiger partial charge >= 0.3 is 0 Å². The molecule has 0 spiro atoms. The number of carbonyl (C=O) groups excluding carboxylic acids is 1. The summed E-state index contributed by atoms with van der Waals surface area (Å²) in [5.41, 5.74) is 1.17. The Bertz CT molecular complexity index is 300. The molecule has 0 radical (unpaired) electrons. The van der Waals surface area contributed by atoms with Gasteiger partial charge in [0.05, 0.1) is 11.4 Å². The van der Waals surface area contributed by atoms with Crippen LogP contribution < -0.4 is 5.32 Å².